The zero-order valence-corrected chi connectivity index (χ0v) is 17.0. The van der Waals surface area contributed by atoms with Crippen LogP contribution in [-0.4, -0.2) is 51.2 Å². The number of benzene rings is 1. The first kappa shape index (κ1) is 19.6. The standard InChI is InChI=1S/C23H28N4O2/c1-17(28)26-12-5-8-19(15-26)23-24-14-20-16-27(13-11-21(20)25-23)22(29)10-9-18-6-3-2-4-7-18/h2-4,6-7,14,19H,5,8-13,15-16H2,1H3/t19-/m0/s1. The van der Waals surface area contributed by atoms with Gasteiger partial charge in [-0.25, -0.2) is 9.97 Å². The number of carbonyl (C=O) groups is 2. The fourth-order valence-corrected chi connectivity index (χ4v) is 4.27. The highest BCUT2D eigenvalue weighted by molar-refractivity contribution is 5.76. The lowest BCUT2D eigenvalue weighted by Crippen LogP contribution is -2.39. The predicted molar refractivity (Wildman–Crippen MR) is 110 cm³/mol. The Morgan fingerprint density at radius 2 is 1.97 bits per heavy atom. The van der Waals surface area contributed by atoms with Gasteiger partial charge < -0.3 is 9.80 Å². The minimum absolute atomic E-state index is 0.123. The molecule has 0 saturated carbocycles. The number of nitrogens with zero attached hydrogens (tertiary/aromatic N) is 4. The highest BCUT2D eigenvalue weighted by atomic mass is 16.2. The van der Waals surface area contributed by atoms with Crippen LogP contribution < -0.4 is 0 Å². The first-order valence-corrected chi connectivity index (χ1v) is 10.5. The molecule has 6 heteroatoms. The van der Waals surface area contributed by atoms with E-state index in [0.717, 1.165) is 49.3 Å². The lowest BCUT2D eigenvalue weighted by atomic mass is 9.96. The summed E-state index contributed by atoms with van der Waals surface area (Å²) in [5, 5.41) is 0. The molecule has 6 nitrogen and oxygen atoms in total. The highest BCUT2D eigenvalue weighted by Gasteiger charge is 2.27. The lowest BCUT2D eigenvalue weighted by Gasteiger charge is -2.32. The van der Waals surface area contributed by atoms with Crippen LogP contribution in [0.2, 0.25) is 0 Å². The Hall–Kier alpha value is -2.76. The van der Waals surface area contributed by atoms with E-state index in [1.165, 1.54) is 5.56 Å². The predicted octanol–water partition coefficient (Wildman–Crippen LogP) is 2.72. The van der Waals surface area contributed by atoms with Gasteiger partial charge in [-0.1, -0.05) is 30.3 Å². The number of amides is 2. The largest absolute Gasteiger partial charge is 0.342 e. The summed E-state index contributed by atoms with van der Waals surface area (Å²) in [5.74, 6) is 1.37. The van der Waals surface area contributed by atoms with Crippen molar-refractivity contribution in [3.63, 3.8) is 0 Å². The summed E-state index contributed by atoms with van der Waals surface area (Å²) in [4.78, 5) is 37.6. The average Bonchev–Trinajstić information content (AvgIpc) is 2.77. The number of piperidine rings is 1. The zero-order valence-electron chi connectivity index (χ0n) is 17.0. The zero-order chi connectivity index (χ0) is 20.2. The number of likely N-dealkylation sites (tertiary alicyclic amines) is 1. The van der Waals surface area contributed by atoms with Gasteiger partial charge in [-0.2, -0.15) is 0 Å². The first-order valence-electron chi connectivity index (χ1n) is 10.5. The van der Waals surface area contributed by atoms with Crippen LogP contribution in [0.4, 0.5) is 0 Å². The Morgan fingerprint density at radius 3 is 2.76 bits per heavy atom. The molecule has 2 aliphatic rings. The molecule has 2 aliphatic heterocycles. The normalized spacial score (nSPS) is 19.0. The van der Waals surface area contributed by atoms with E-state index in [9.17, 15) is 9.59 Å². The monoisotopic (exact) mass is 392 g/mol. The van der Waals surface area contributed by atoms with Gasteiger partial charge in [0.05, 0.1) is 5.69 Å². The molecule has 0 N–H and O–H groups in total. The van der Waals surface area contributed by atoms with Crippen LogP contribution >= 0.6 is 0 Å². The quantitative estimate of drug-likeness (QED) is 0.802. The molecule has 152 valence electrons. The van der Waals surface area contributed by atoms with Crippen LogP contribution in [0.25, 0.3) is 0 Å². The summed E-state index contributed by atoms with van der Waals surface area (Å²) in [5.41, 5.74) is 3.30. The van der Waals surface area contributed by atoms with Gasteiger partial charge in [-0.05, 0) is 24.8 Å². The smallest absolute Gasteiger partial charge is 0.223 e. The van der Waals surface area contributed by atoms with E-state index in [0.29, 0.717) is 26.1 Å². The van der Waals surface area contributed by atoms with Crippen molar-refractivity contribution in [2.45, 2.75) is 51.5 Å². The second-order valence-electron chi connectivity index (χ2n) is 8.06. The molecular formula is C23H28N4O2. The van der Waals surface area contributed by atoms with Gasteiger partial charge in [0, 0.05) is 63.6 Å². The average molecular weight is 393 g/mol. The van der Waals surface area contributed by atoms with Crippen LogP contribution in [0.3, 0.4) is 0 Å². The van der Waals surface area contributed by atoms with Crippen LogP contribution in [0.1, 0.15) is 54.7 Å². The van der Waals surface area contributed by atoms with Gasteiger partial charge in [0.25, 0.3) is 0 Å². The second-order valence-corrected chi connectivity index (χ2v) is 8.06. The van der Waals surface area contributed by atoms with Crippen molar-refractivity contribution in [1.29, 1.82) is 0 Å². The maximum Gasteiger partial charge on any atom is 0.223 e. The Bertz CT molecular complexity index is 884. The maximum absolute atomic E-state index is 12.6. The van der Waals surface area contributed by atoms with Crippen LogP contribution in [0.5, 0.6) is 0 Å². The molecular weight excluding hydrogens is 364 g/mol. The topological polar surface area (TPSA) is 66.4 Å². The molecule has 1 atom stereocenters. The molecule has 0 spiro atoms. The van der Waals surface area contributed by atoms with E-state index in [1.54, 1.807) is 6.92 Å². The molecule has 0 radical (unpaired) electrons. The van der Waals surface area contributed by atoms with Crippen molar-refractivity contribution in [2.75, 3.05) is 19.6 Å². The minimum Gasteiger partial charge on any atom is -0.342 e. The lowest BCUT2D eigenvalue weighted by molar-refractivity contribution is -0.132. The number of aromatic nitrogens is 2. The van der Waals surface area contributed by atoms with E-state index >= 15 is 0 Å². The summed E-state index contributed by atoms with van der Waals surface area (Å²) in [6.07, 6.45) is 5.97. The molecule has 3 heterocycles. The van der Waals surface area contributed by atoms with Crippen molar-refractivity contribution >= 4 is 11.8 Å². The maximum atomic E-state index is 12.6. The van der Waals surface area contributed by atoms with Crippen molar-refractivity contribution in [3.05, 3.63) is 59.2 Å². The molecule has 2 amide bonds. The number of carbonyl (C=O) groups excluding carboxylic acids is 2. The van der Waals surface area contributed by atoms with Crippen molar-refractivity contribution < 1.29 is 9.59 Å². The molecule has 1 fully saturated rings. The summed E-state index contributed by atoms with van der Waals surface area (Å²) in [6.45, 7) is 4.46. The number of aryl methyl sites for hydroxylation is 1. The van der Waals surface area contributed by atoms with Gasteiger partial charge in [0.1, 0.15) is 5.82 Å². The van der Waals surface area contributed by atoms with Gasteiger partial charge in [-0.15, -0.1) is 0 Å². The molecule has 4 rings (SSSR count). The van der Waals surface area contributed by atoms with Crippen LogP contribution in [0, 0.1) is 0 Å². The molecule has 0 aliphatic carbocycles. The first-order chi connectivity index (χ1) is 14.1. The second kappa shape index (κ2) is 8.72. The van der Waals surface area contributed by atoms with E-state index in [-0.39, 0.29) is 17.7 Å². The van der Waals surface area contributed by atoms with Gasteiger partial charge in [-0.3, -0.25) is 9.59 Å². The Balaban J connectivity index is 1.38. The van der Waals surface area contributed by atoms with E-state index in [4.69, 9.17) is 4.98 Å². The molecule has 29 heavy (non-hydrogen) atoms. The summed E-state index contributed by atoms with van der Waals surface area (Å²) >= 11 is 0. The van der Waals surface area contributed by atoms with Gasteiger partial charge in [0.2, 0.25) is 11.8 Å². The number of hydrogen-bond acceptors (Lipinski definition) is 4. The number of rotatable bonds is 4. The number of fused-ring (bicyclic) bond motifs is 1. The SMILES string of the molecule is CC(=O)N1CCC[C@H](c2ncc3c(n2)CCN(C(=O)CCc2ccccc2)C3)C1. The molecule has 1 saturated heterocycles. The molecule has 0 unspecified atom stereocenters. The van der Waals surface area contributed by atoms with Crippen molar-refractivity contribution in [3.8, 4) is 0 Å². The Kier molecular flexibility index (Phi) is 5.88. The summed E-state index contributed by atoms with van der Waals surface area (Å²) in [6, 6.07) is 10.1. The van der Waals surface area contributed by atoms with Crippen LogP contribution in [-0.2, 0) is 29.0 Å². The van der Waals surface area contributed by atoms with Gasteiger partial charge in [0.15, 0.2) is 0 Å². The molecule has 0 bridgehead atoms. The van der Waals surface area contributed by atoms with Gasteiger partial charge >= 0.3 is 0 Å². The van der Waals surface area contributed by atoms with Crippen molar-refractivity contribution in [2.24, 2.45) is 0 Å². The van der Waals surface area contributed by atoms with E-state index in [2.05, 4.69) is 17.1 Å². The Labute approximate surface area is 172 Å². The van der Waals surface area contributed by atoms with E-state index in [1.807, 2.05) is 34.2 Å². The third-order valence-electron chi connectivity index (χ3n) is 6.01. The third-order valence-corrected chi connectivity index (χ3v) is 6.01. The van der Waals surface area contributed by atoms with Crippen LogP contribution in [0.15, 0.2) is 36.5 Å². The summed E-state index contributed by atoms with van der Waals surface area (Å²) < 4.78 is 0. The minimum atomic E-state index is 0.123. The fourth-order valence-electron chi connectivity index (χ4n) is 4.27. The highest BCUT2D eigenvalue weighted by Crippen LogP contribution is 2.26. The number of hydrogen-bond donors (Lipinski definition) is 0. The van der Waals surface area contributed by atoms with E-state index < -0.39 is 0 Å². The fraction of sp³-hybridized carbons (Fsp3) is 0.478. The molecule has 1 aromatic heterocycles. The third kappa shape index (κ3) is 4.63. The Morgan fingerprint density at radius 1 is 1.14 bits per heavy atom. The molecule has 1 aromatic carbocycles. The summed E-state index contributed by atoms with van der Waals surface area (Å²) in [7, 11) is 0. The van der Waals surface area contributed by atoms with Crippen molar-refractivity contribution in [1.82, 2.24) is 19.8 Å². The molecule has 2 aromatic rings.